The Hall–Kier alpha value is -3.42. The van der Waals surface area contributed by atoms with Crippen molar-refractivity contribution in [3.8, 4) is 12.1 Å². The van der Waals surface area contributed by atoms with Crippen LogP contribution in [0.2, 0.25) is 5.02 Å². The quantitative estimate of drug-likeness (QED) is 0.664. The van der Waals surface area contributed by atoms with Crippen molar-refractivity contribution >= 4 is 34.1 Å². The summed E-state index contributed by atoms with van der Waals surface area (Å²) in [7, 11) is 0. The number of hydrogen-bond acceptors (Lipinski definition) is 7. The number of pyridine rings is 1. The lowest BCUT2D eigenvalue weighted by Crippen LogP contribution is -2.53. The van der Waals surface area contributed by atoms with Crippen LogP contribution >= 0.6 is 11.6 Å². The van der Waals surface area contributed by atoms with Gasteiger partial charge in [-0.25, -0.2) is 15.0 Å². The molecule has 0 radical (unpaired) electrons. The zero-order valence-electron chi connectivity index (χ0n) is 15.2. The Labute approximate surface area is 167 Å². The summed E-state index contributed by atoms with van der Waals surface area (Å²) in [6, 6.07) is 11.7. The molecule has 0 spiro atoms. The fourth-order valence-corrected chi connectivity index (χ4v) is 3.73. The van der Waals surface area contributed by atoms with Gasteiger partial charge in [-0.05, 0) is 31.2 Å². The summed E-state index contributed by atoms with van der Waals surface area (Å²) in [6.07, 6.45) is 3.12. The van der Waals surface area contributed by atoms with Crippen molar-refractivity contribution in [1.82, 2.24) is 15.0 Å². The zero-order valence-corrected chi connectivity index (χ0v) is 15.9. The molecule has 1 unspecified atom stereocenters. The highest BCUT2D eigenvalue weighted by atomic mass is 35.5. The molecule has 1 atom stereocenters. The molecule has 8 heteroatoms. The molecule has 0 aliphatic carbocycles. The Kier molecular flexibility index (Phi) is 4.68. The molecule has 1 aromatic carbocycles. The molecule has 0 amide bonds. The van der Waals surface area contributed by atoms with E-state index in [1.165, 1.54) is 6.20 Å². The number of hydrogen-bond donors (Lipinski definition) is 0. The van der Waals surface area contributed by atoms with Crippen LogP contribution < -0.4 is 9.80 Å². The maximum absolute atomic E-state index is 9.57. The highest BCUT2D eigenvalue weighted by molar-refractivity contribution is 6.31. The van der Waals surface area contributed by atoms with Gasteiger partial charge in [0.2, 0.25) is 0 Å². The Morgan fingerprint density at radius 2 is 1.93 bits per heavy atom. The van der Waals surface area contributed by atoms with Crippen molar-refractivity contribution in [3.05, 3.63) is 52.9 Å². The summed E-state index contributed by atoms with van der Waals surface area (Å²) >= 11 is 6.07. The first kappa shape index (κ1) is 18.0. The van der Waals surface area contributed by atoms with Gasteiger partial charge in [-0.15, -0.1) is 0 Å². The molecule has 0 saturated carbocycles. The smallest absolute Gasteiger partial charge is 0.183 e. The highest BCUT2D eigenvalue weighted by Crippen LogP contribution is 2.28. The third-order valence-corrected chi connectivity index (χ3v) is 5.12. The van der Waals surface area contributed by atoms with E-state index in [1.807, 2.05) is 12.1 Å². The Morgan fingerprint density at radius 1 is 1.11 bits per heavy atom. The van der Waals surface area contributed by atoms with E-state index >= 15 is 0 Å². The van der Waals surface area contributed by atoms with E-state index in [2.05, 4.69) is 38.8 Å². The second-order valence-electron chi connectivity index (χ2n) is 6.63. The van der Waals surface area contributed by atoms with E-state index in [0.29, 0.717) is 41.7 Å². The van der Waals surface area contributed by atoms with E-state index in [9.17, 15) is 10.5 Å². The lowest BCUT2D eigenvalue weighted by Gasteiger charge is -2.41. The minimum atomic E-state index is 0.117. The predicted octanol–water partition coefficient (Wildman–Crippen LogP) is 3.14. The van der Waals surface area contributed by atoms with Crippen LogP contribution in [0.25, 0.3) is 10.9 Å². The van der Waals surface area contributed by atoms with Crippen LogP contribution in [-0.2, 0) is 0 Å². The molecule has 28 heavy (non-hydrogen) atoms. The standard InChI is InChI=1S/C20H16ClN7/c1-13-12-27(20-18(11-23)24-4-5-25-20)6-7-28(13)19-8-14(10-22)16-9-15(21)2-3-17(16)26-19/h2-5,8-9,13H,6-7,12H2,1H3. The average Bonchev–Trinajstić information content (AvgIpc) is 2.73. The van der Waals surface area contributed by atoms with Crippen LogP contribution in [-0.4, -0.2) is 40.6 Å². The van der Waals surface area contributed by atoms with Crippen LogP contribution in [0, 0.1) is 22.7 Å². The van der Waals surface area contributed by atoms with Crippen molar-refractivity contribution in [3.63, 3.8) is 0 Å². The van der Waals surface area contributed by atoms with Crippen LogP contribution in [0.3, 0.4) is 0 Å². The number of halogens is 1. The number of rotatable bonds is 2. The summed E-state index contributed by atoms with van der Waals surface area (Å²) in [5.41, 5.74) is 1.63. The SMILES string of the molecule is CC1CN(c2nccnc2C#N)CCN1c1cc(C#N)c2cc(Cl)ccc2n1. The number of fused-ring (bicyclic) bond motifs is 1. The molecule has 1 aliphatic heterocycles. The second kappa shape index (κ2) is 7.30. The predicted molar refractivity (Wildman–Crippen MR) is 107 cm³/mol. The summed E-state index contributed by atoms with van der Waals surface area (Å²) in [5.74, 6) is 1.37. The molecule has 0 bridgehead atoms. The van der Waals surface area contributed by atoms with Crippen molar-refractivity contribution in [2.24, 2.45) is 0 Å². The van der Waals surface area contributed by atoms with Gasteiger partial charge in [-0.1, -0.05) is 11.6 Å². The first-order chi connectivity index (χ1) is 13.6. The van der Waals surface area contributed by atoms with Gasteiger partial charge in [0, 0.05) is 48.5 Å². The van der Waals surface area contributed by atoms with E-state index < -0.39 is 0 Å². The molecule has 4 rings (SSSR count). The molecule has 7 nitrogen and oxygen atoms in total. The van der Waals surface area contributed by atoms with Crippen LogP contribution in [0.5, 0.6) is 0 Å². The van der Waals surface area contributed by atoms with Crippen molar-refractivity contribution in [1.29, 1.82) is 10.5 Å². The summed E-state index contributed by atoms with van der Waals surface area (Å²) in [6.45, 7) is 4.14. The molecule has 1 fully saturated rings. The van der Waals surface area contributed by atoms with E-state index in [-0.39, 0.29) is 6.04 Å². The van der Waals surface area contributed by atoms with Crippen molar-refractivity contribution < 1.29 is 0 Å². The second-order valence-corrected chi connectivity index (χ2v) is 7.07. The Morgan fingerprint density at radius 3 is 2.68 bits per heavy atom. The molecular formula is C20H16ClN7. The monoisotopic (exact) mass is 389 g/mol. The molecule has 138 valence electrons. The molecule has 1 saturated heterocycles. The lowest BCUT2D eigenvalue weighted by atomic mass is 10.1. The molecule has 0 N–H and O–H groups in total. The first-order valence-corrected chi connectivity index (χ1v) is 9.21. The van der Waals surface area contributed by atoms with Gasteiger partial charge in [0.25, 0.3) is 0 Å². The average molecular weight is 390 g/mol. The largest absolute Gasteiger partial charge is 0.350 e. The number of aromatic nitrogens is 3. The Bertz CT molecular complexity index is 1130. The zero-order chi connectivity index (χ0) is 19.7. The first-order valence-electron chi connectivity index (χ1n) is 8.84. The maximum atomic E-state index is 9.57. The molecular weight excluding hydrogens is 374 g/mol. The summed E-state index contributed by atoms with van der Waals surface area (Å²) in [4.78, 5) is 17.4. The maximum Gasteiger partial charge on any atom is 0.183 e. The molecule has 2 aromatic heterocycles. The fraction of sp³-hybridized carbons (Fsp3) is 0.250. The number of anilines is 2. The van der Waals surface area contributed by atoms with Gasteiger partial charge < -0.3 is 9.80 Å². The van der Waals surface area contributed by atoms with E-state index in [0.717, 1.165) is 16.7 Å². The van der Waals surface area contributed by atoms with Gasteiger partial charge >= 0.3 is 0 Å². The van der Waals surface area contributed by atoms with Gasteiger partial charge in [0.15, 0.2) is 11.5 Å². The van der Waals surface area contributed by atoms with Gasteiger partial charge in [0.1, 0.15) is 11.9 Å². The minimum absolute atomic E-state index is 0.117. The van der Waals surface area contributed by atoms with Crippen molar-refractivity contribution in [2.45, 2.75) is 13.0 Å². The van der Waals surface area contributed by atoms with Gasteiger partial charge in [-0.3, -0.25) is 0 Å². The summed E-state index contributed by atoms with van der Waals surface area (Å²) < 4.78 is 0. The normalized spacial score (nSPS) is 16.6. The molecule has 3 heterocycles. The Balaban J connectivity index is 1.64. The summed E-state index contributed by atoms with van der Waals surface area (Å²) in [5, 5.41) is 20.2. The lowest BCUT2D eigenvalue weighted by molar-refractivity contribution is 0.542. The van der Waals surface area contributed by atoms with Crippen LogP contribution in [0.1, 0.15) is 18.2 Å². The third kappa shape index (κ3) is 3.17. The fourth-order valence-electron chi connectivity index (χ4n) is 3.55. The van der Waals surface area contributed by atoms with Crippen molar-refractivity contribution in [2.75, 3.05) is 29.4 Å². The topological polar surface area (TPSA) is 92.7 Å². The van der Waals surface area contributed by atoms with Gasteiger partial charge in [-0.2, -0.15) is 10.5 Å². The number of benzene rings is 1. The minimum Gasteiger partial charge on any atom is -0.350 e. The van der Waals surface area contributed by atoms with Crippen LogP contribution in [0.15, 0.2) is 36.7 Å². The van der Waals surface area contributed by atoms with Gasteiger partial charge in [0.05, 0.1) is 17.1 Å². The number of piperazine rings is 1. The molecule has 3 aromatic rings. The van der Waals surface area contributed by atoms with E-state index in [4.69, 9.17) is 16.6 Å². The third-order valence-electron chi connectivity index (χ3n) is 4.88. The number of nitriles is 2. The van der Waals surface area contributed by atoms with Crippen LogP contribution in [0.4, 0.5) is 11.6 Å². The molecule has 1 aliphatic rings. The number of nitrogens with zero attached hydrogens (tertiary/aromatic N) is 7. The van der Waals surface area contributed by atoms with E-state index in [1.54, 1.807) is 18.3 Å². The highest BCUT2D eigenvalue weighted by Gasteiger charge is 2.27.